The van der Waals surface area contributed by atoms with Gasteiger partial charge in [0.15, 0.2) is 5.96 Å². The molecule has 2 aliphatic rings. The second-order valence-corrected chi connectivity index (χ2v) is 23.7. The van der Waals surface area contributed by atoms with Crippen LogP contribution in [-0.2, 0) is 78.4 Å². The molecular weight excluding hydrogens is 1240 g/mol. The number of aromatic hydroxyl groups is 1. The van der Waals surface area contributed by atoms with Crippen LogP contribution in [0, 0.1) is 0 Å². The fourth-order valence-corrected chi connectivity index (χ4v) is 11.6. The summed E-state index contributed by atoms with van der Waals surface area (Å²) in [5.41, 5.74) is 25.8. The molecule has 0 bridgehead atoms. The van der Waals surface area contributed by atoms with Crippen molar-refractivity contribution in [3.8, 4) is 5.75 Å². The number of benzene rings is 3. The molecule has 32 heteroatoms. The van der Waals surface area contributed by atoms with E-state index in [2.05, 4.69) is 72.8 Å². The number of aliphatic imine (C=N–C) groups is 1. The minimum absolute atomic E-state index is 0.0329. The number of nitrogens with zero attached hydrogens (tertiary/aromatic N) is 3. The fraction of sp³-hybridized carbons (Fsp3) is 0.422. The van der Waals surface area contributed by atoms with E-state index in [9.17, 15) is 63.0 Å². The molecule has 3 aromatic heterocycles. The molecule has 11 amide bonds. The molecule has 3 aromatic carbocycles. The SMILES string of the molecule is NCCCC[C@@H](NC(=O)[C@H](Cc1ccc(O)cc1)NC(=O)[C@H](CO)NC(=O)[C@H](Cc1c[nH]c2ccccc12)NC(=O)[C@H](Cc1cnc[nH]1)NC(=O)[C@@H]1CCC(=O)N1)C(=O)N[C@@H](Cc1c[nH]c2ccccc12)C(=O)N[C@@H](CCCN=C(N)N)C(=O)N1CCC[C@H]1C(=O)NCC(N)=O. The number of primary amides is 1. The van der Waals surface area contributed by atoms with Gasteiger partial charge in [-0.25, -0.2) is 4.98 Å². The van der Waals surface area contributed by atoms with E-state index in [4.69, 9.17) is 22.9 Å². The number of hydrogen-bond donors (Lipinski definition) is 18. The number of guanidine groups is 1. The van der Waals surface area contributed by atoms with Gasteiger partial charge in [0.25, 0.3) is 0 Å². The fourth-order valence-electron chi connectivity index (χ4n) is 11.6. The topological polar surface area (TPSA) is 516 Å². The first-order valence-corrected chi connectivity index (χ1v) is 31.7. The number of unbranched alkanes of at least 4 members (excludes halogenated alkanes) is 1. The molecule has 32 nitrogen and oxygen atoms in total. The monoisotopic (exact) mass is 1330 g/mol. The van der Waals surface area contributed by atoms with Crippen molar-refractivity contribution in [3.63, 3.8) is 0 Å². The number of aliphatic hydroxyl groups is 1. The molecule has 5 heterocycles. The van der Waals surface area contributed by atoms with Crippen molar-refractivity contribution in [3.05, 3.63) is 120 Å². The van der Waals surface area contributed by atoms with Gasteiger partial charge in [-0.05, 0) is 98.9 Å². The number of likely N-dealkylation sites (tertiary alicyclic amines) is 1. The van der Waals surface area contributed by atoms with Gasteiger partial charge < -0.3 is 101 Å². The molecule has 9 atom stereocenters. The zero-order valence-electron chi connectivity index (χ0n) is 52.7. The van der Waals surface area contributed by atoms with Gasteiger partial charge in [-0.2, -0.15) is 0 Å². The molecule has 0 aliphatic carbocycles. The van der Waals surface area contributed by atoms with Crippen molar-refractivity contribution in [2.75, 3.05) is 32.8 Å². The standard InChI is InChI=1S/C64H83N19O13/c65-22-6-5-13-44(55(88)79-48(26-36-29-71-42-11-3-1-9-40(36)42)58(91)77-46(14-7-23-70-64(67)68)63(96)83-24-8-15-52(83)62(95)73-32-53(66)86)76-57(90)47(25-35-16-18-39(85)19-17-35)78-61(94)51(33-84)82-59(92)49(27-37-30-72-43-12-4-2-10-41(37)43)80-60(93)50(28-38-31-69-34-74-38)81-56(89)45-20-21-54(87)75-45/h1-4,9-12,16-19,29-31,34,44-52,71-72,84-85H,5-8,13-15,20-28,32-33,65H2,(H2,66,86)(H,69,74)(H,73,95)(H,75,87)(H,76,90)(H,77,91)(H,78,94)(H,79,88)(H,80,93)(H,81,89)(H,82,92)(H4,67,68,70)/t44-,45+,46+,47+,48+,49+,50+,51+,52+/m1/s1. The summed E-state index contributed by atoms with van der Waals surface area (Å²) in [6.07, 6.45) is 7.05. The number of rotatable bonds is 35. The number of phenols is 1. The van der Waals surface area contributed by atoms with Gasteiger partial charge in [-0.15, -0.1) is 0 Å². The molecule has 0 saturated carbocycles. The lowest BCUT2D eigenvalue weighted by molar-refractivity contribution is -0.142. The highest BCUT2D eigenvalue weighted by molar-refractivity contribution is 6.00. The maximum Gasteiger partial charge on any atom is 0.245 e. The summed E-state index contributed by atoms with van der Waals surface area (Å²) >= 11 is 0. The van der Waals surface area contributed by atoms with Gasteiger partial charge in [-0.1, -0.05) is 48.5 Å². The highest BCUT2D eigenvalue weighted by atomic mass is 16.3. The highest BCUT2D eigenvalue weighted by Crippen LogP contribution is 2.24. The van der Waals surface area contributed by atoms with E-state index in [-0.39, 0.29) is 108 Å². The number of imidazole rings is 1. The molecule has 6 aromatic rings. The van der Waals surface area contributed by atoms with Crippen LogP contribution in [0.1, 0.15) is 80.2 Å². The molecule has 0 unspecified atom stereocenters. The van der Waals surface area contributed by atoms with E-state index in [0.29, 0.717) is 57.0 Å². The Morgan fingerprint density at radius 3 is 1.71 bits per heavy atom. The van der Waals surface area contributed by atoms with Gasteiger partial charge in [0.2, 0.25) is 65.0 Å². The van der Waals surface area contributed by atoms with Crippen LogP contribution < -0.4 is 70.8 Å². The number of nitrogens with one attached hydrogen (secondary N) is 12. The highest BCUT2D eigenvalue weighted by Gasteiger charge is 2.40. The summed E-state index contributed by atoms with van der Waals surface area (Å²) in [6, 6.07) is 7.69. The number of nitrogens with two attached hydrogens (primary N) is 4. The van der Waals surface area contributed by atoms with Crippen LogP contribution >= 0.6 is 0 Å². The molecule has 8 rings (SSSR count). The van der Waals surface area contributed by atoms with E-state index in [1.165, 1.54) is 41.7 Å². The number of amides is 11. The Morgan fingerprint density at radius 2 is 1.16 bits per heavy atom. The summed E-state index contributed by atoms with van der Waals surface area (Å²) in [4.78, 5) is 172. The number of para-hydroxylation sites is 2. The van der Waals surface area contributed by atoms with E-state index < -0.39 is 127 Å². The Hall–Kier alpha value is -10.9. The largest absolute Gasteiger partial charge is 0.508 e. The third kappa shape index (κ3) is 19.8. The lowest BCUT2D eigenvalue weighted by Gasteiger charge is -2.30. The number of hydrogen-bond acceptors (Lipinski definition) is 16. The lowest BCUT2D eigenvalue weighted by Crippen LogP contribution is -2.61. The zero-order chi connectivity index (χ0) is 68.8. The summed E-state index contributed by atoms with van der Waals surface area (Å²) in [6.45, 7) is -1.12. The Labute approximate surface area is 550 Å². The third-order valence-electron chi connectivity index (χ3n) is 16.6. The van der Waals surface area contributed by atoms with Gasteiger partial charge in [0.05, 0.1) is 19.5 Å². The van der Waals surface area contributed by atoms with E-state index in [0.717, 1.165) is 0 Å². The Kier molecular flexibility index (Phi) is 25.4. The number of carbonyl (C=O) groups is 11. The van der Waals surface area contributed by atoms with Crippen molar-refractivity contribution in [1.29, 1.82) is 0 Å². The van der Waals surface area contributed by atoms with E-state index in [1.54, 1.807) is 48.8 Å². The Balaban J connectivity index is 1.04. The summed E-state index contributed by atoms with van der Waals surface area (Å²) in [5, 5.41) is 46.4. The quantitative estimate of drug-likeness (QED) is 0.0106. The number of H-pyrrole nitrogens is 3. The number of fused-ring (bicyclic) bond motifs is 2. The smallest absolute Gasteiger partial charge is 0.245 e. The second-order valence-electron chi connectivity index (χ2n) is 23.7. The number of aromatic amines is 3. The van der Waals surface area contributed by atoms with Crippen LogP contribution in [0.25, 0.3) is 21.8 Å². The van der Waals surface area contributed by atoms with Crippen LogP contribution in [0.15, 0.2) is 103 Å². The Bertz CT molecular complexity index is 3760. The first kappa shape index (κ1) is 71.0. The average Bonchev–Trinajstić information content (AvgIpc) is 1.64. The van der Waals surface area contributed by atoms with Crippen molar-refractivity contribution in [2.45, 2.75) is 138 Å². The van der Waals surface area contributed by atoms with Crippen LogP contribution in [0.4, 0.5) is 0 Å². The van der Waals surface area contributed by atoms with Crippen molar-refractivity contribution < 1.29 is 63.0 Å². The zero-order valence-corrected chi connectivity index (χ0v) is 52.7. The molecule has 2 aliphatic heterocycles. The molecule has 512 valence electrons. The molecule has 2 fully saturated rings. The van der Waals surface area contributed by atoms with Crippen molar-refractivity contribution in [1.82, 2.24) is 72.7 Å². The summed E-state index contributed by atoms with van der Waals surface area (Å²) in [5.74, 6) is -8.89. The van der Waals surface area contributed by atoms with Gasteiger partial charge in [0, 0.05) is 91.3 Å². The third-order valence-corrected chi connectivity index (χ3v) is 16.6. The molecular formula is C64H83N19O13. The molecule has 0 spiro atoms. The van der Waals surface area contributed by atoms with Crippen molar-refractivity contribution in [2.24, 2.45) is 27.9 Å². The maximum absolute atomic E-state index is 15.0. The van der Waals surface area contributed by atoms with Gasteiger partial charge >= 0.3 is 0 Å². The van der Waals surface area contributed by atoms with E-state index >= 15 is 0 Å². The molecule has 22 N–H and O–H groups in total. The van der Waals surface area contributed by atoms with Crippen LogP contribution in [-0.4, -0.2) is 193 Å². The lowest BCUT2D eigenvalue weighted by atomic mass is 10.0. The second kappa shape index (κ2) is 34.3. The minimum Gasteiger partial charge on any atom is -0.508 e. The first-order chi connectivity index (χ1) is 46.2. The number of phenolic OH excluding ortho intramolecular Hbond substituents is 1. The normalized spacial score (nSPS) is 16.5. The van der Waals surface area contributed by atoms with Crippen molar-refractivity contribution >= 4 is 92.7 Å². The minimum atomic E-state index is -1.80. The first-order valence-electron chi connectivity index (χ1n) is 31.7. The molecule has 96 heavy (non-hydrogen) atoms. The average molecular weight is 1330 g/mol. The number of aliphatic hydroxyl groups excluding tert-OH is 1. The van der Waals surface area contributed by atoms with E-state index in [1.807, 2.05) is 12.1 Å². The van der Waals surface area contributed by atoms with Gasteiger partial charge in [0.1, 0.15) is 60.1 Å². The maximum atomic E-state index is 15.0. The van der Waals surface area contributed by atoms with Gasteiger partial charge in [-0.3, -0.25) is 57.7 Å². The summed E-state index contributed by atoms with van der Waals surface area (Å²) < 4.78 is 0. The summed E-state index contributed by atoms with van der Waals surface area (Å²) in [7, 11) is 0. The Morgan fingerprint density at radius 1 is 0.615 bits per heavy atom. The molecule has 2 saturated heterocycles. The van der Waals surface area contributed by atoms with Crippen LogP contribution in [0.2, 0.25) is 0 Å². The number of carbonyl (C=O) groups excluding carboxylic acids is 11. The molecule has 0 radical (unpaired) electrons. The van der Waals surface area contributed by atoms with Crippen LogP contribution in [0.3, 0.4) is 0 Å². The van der Waals surface area contributed by atoms with Crippen LogP contribution in [0.5, 0.6) is 5.75 Å². The predicted octanol–water partition coefficient (Wildman–Crippen LogP) is -3.21. The predicted molar refractivity (Wildman–Crippen MR) is 350 cm³/mol. The number of aromatic nitrogens is 4.